The highest BCUT2D eigenvalue weighted by molar-refractivity contribution is 5.80. The number of Topliss-reactive ketones (excluding diaryl/α,β-unsaturated/α-hetero) is 1. The lowest BCUT2D eigenvalue weighted by Crippen LogP contribution is -2.43. The number of ether oxygens (including phenoxy) is 5. The second-order valence-electron chi connectivity index (χ2n) is 7.74. The molecule has 2 saturated heterocycles. The largest absolute Gasteiger partial charge is 0.463 e. The first-order chi connectivity index (χ1) is 15.3. The van der Waals surface area contributed by atoms with Crippen LogP contribution in [-0.2, 0) is 33.3 Å². The average Bonchev–Trinajstić information content (AvgIpc) is 3.06. The van der Waals surface area contributed by atoms with Crippen LogP contribution >= 0.6 is 0 Å². The van der Waals surface area contributed by atoms with Crippen LogP contribution in [0.5, 0.6) is 0 Å². The van der Waals surface area contributed by atoms with Crippen LogP contribution < -0.4 is 11.2 Å². The van der Waals surface area contributed by atoms with Gasteiger partial charge in [-0.25, -0.2) is 4.79 Å². The number of rotatable bonds is 9. The number of aromatic nitrogens is 2. The third kappa shape index (κ3) is 6.11. The molecular weight excluding hydrogens is 428 g/mol. The van der Waals surface area contributed by atoms with Gasteiger partial charge < -0.3 is 33.6 Å². The van der Waals surface area contributed by atoms with E-state index in [2.05, 4.69) is 4.98 Å². The molecule has 0 bridgehead atoms. The van der Waals surface area contributed by atoms with Gasteiger partial charge in [-0.2, -0.15) is 0 Å². The molecule has 32 heavy (non-hydrogen) atoms. The molecule has 178 valence electrons. The van der Waals surface area contributed by atoms with Crippen molar-refractivity contribution in [3.63, 3.8) is 0 Å². The Kier molecular flexibility index (Phi) is 8.32. The van der Waals surface area contributed by atoms with Crippen LogP contribution in [0.3, 0.4) is 0 Å². The van der Waals surface area contributed by atoms with Crippen molar-refractivity contribution in [3.8, 4) is 0 Å². The highest BCUT2D eigenvalue weighted by Crippen LogP contribution is 2.33. The van der Waals surface area contributed by atoms with Gasteiger partial charge in [0.05, 0.1) is 19.1 Å². The standard InChI is InChI=1S/C20H28N2O10/c1-11(23)3-4-15(25)30-10-13-17(26)18(32-16-9-12(28-2)6-8-29-16)19(31-13)22-7-5-14(24)21-20(22)27/h5,7,12-13,16-19,26H,3-4,6,8-10H2,1-2H3,(H,21,24,27)/t12?,13-,16?,17-,18-,19-/m1/s1. The van der Waals surface area contributed by atoms with E-state index in [-0.39, 0.29) is 31.3 Å². The molecule has 1 aromatic heterocycles. The molecule has 0 spiro atoms. The van der Waals surface area contributed by atoms with E-state index >= 15 is 0 Å². The van der Waals surface area contributed by atoms with E-state index in [1.165, 1.54) is 13.1 Å². The Morgan fingerprint density at radius 2 is 2.09 bits per heavy atom. The third-order valence-corrected chi connectivity index (χ3v) is 5.37. The Balaban J connectivity index is 1.74. The Bertz CT molecular complexity index is 912. The number of methoxy groups -OCH3 is 1. The summed E-state index contributed by atoms with van der Waals surface area (Å²) in [4.78, 5) is 48.8. The number of hydrogen-bond acceptors (Lipinski definition) is 10. The molecule has 2 aliphatic rings. The number of H-pyrrole nitrogens is 1. The van der Waals surface area contributed by atoms with Crippen molar-refractivity contribution in [2.24, 2.45) is 0 Å². The quantitative estimate of drug-likeness (QED) is 0.453. The van der Waals surface area contributed by atoms with Crippen LogP contribution in [0.1, 0.15) is 38.8 Å². The molecule has 0 amide bonds. The SMILES string of the molecule is COC1CCOC(O[C@@H]2[C@H](O)[C@@H](COC(=O)CCC(C)=O)O[C@H]2n2ccc(=O)[nH]c2=O)C1. The number of carbonyl (C=O) groups is 2. The second-order valence-corrected chi connectivity index (χ2v) is 7.74. The Morgan fingerprint density at radius 1 is 1.31 bits per heavy atom. The molecule has 2 N–H and O–H groups in total. The first-order valence-electron chi connectivity index (χ1n) is 10.4. The van der Waals surface area contributed by atoms with Crippen LogP contribution in [0.25, 0.3) is 0 Å². The lowest BCUT2D eigenvalue weighted by atomic mass is 10.1. The molecule has 0 aliphatic carbocycles. The summed E-state index contributed by atoms with van der Waals surface area (Å²) >= 11 is 0. The van der Waals surface area contributed by atoms with Crippen LogP contribution in [0, 0.1) is 0 Å². The minimum atomic E-state index is -1.27. The Hall–Kier alpha value is -2.38. The topological polar surface area (TPSA) is 155 Å². The van der Waals surface area contributed by atoms with Crippen molar-refractivity contribution in [1.29, 1.82) is 0 Å². The second kappa shape index (κ2) is 11.0. The normalized spacial score (nSPS) is 30.2. The number of aromatic amines is 1. The first-order valence-corrected chi connectivity index (χ1v) is 10.4. The van der Waals surface area contributed by atoms with E-state index in [4.69, 9.17) is 23.7 Å². The summed E-state index contributed by atoms with van der Waals surface area (Å²) in [5.41, 5.74) is -1.33. The zero-order valence-corrected chi connectivity index (χ0v) is 17.9. The predicted octanol–water partition coefficient (Wildman–Crippen LogP) is -0.756. The fourth-order valence-electron chi connectivity index (χ4n) is 3.60. The zero-order chi connectivity index (χ0) is 23.3. The van der Waals surface area contributed by atoms with Crippen LogP contribution in [0.4, 0.5) is 0 Å². The van der Waals surface area contributed by atoms with Gasteiger partial charge in [-0.1, -0.05) is 0 Å². The summed E-state index contributed by atoms with van der Waals surface area (Å²) in [6, 6.07) is 1.14. The summed E-state index contributed by atoms with van der Waals surface area (Å²) in [6.45, 7) is 1.46. The lowest BCUT2D eigenvalue weighted by molar-refractivity contribution is -0.232. The van der Waals surface area contributed by atoms with Gasteiger partial charge in [0.2, 0.25) is 0 Å². The van der Waals surface area contributed by atoms with E-state index in [9.17, 15) is 24.3 Å². The van der Waals surface area contributed by atoms with Gasteiger partial charge in [0, 0.05) is 32.2 Å². The molecule has 12 nitrogen and oxygen atoms in total. The maximum atomic E-state index is 12.3. The number of nitrogens with one attached hydrogen (secondary N) is 1. The summed E-state index contributed by atoms with van der Waals surface area (Å²) in [5.74, 6) is -0.761. The number of aliphatic hydroxyl groups excluding tert-OH is 1. The minimum absolute atomic E-state index is 0.0493. The molecule has 12 heteroatoms. The number of carbonyl (C=O) groups excluding carboxylic acids is 2. The molecule has 0 aromatic carbocycles. The van der Waals surface area contributed by atoms with Gasteiger partial charge in [-0.05, 0) is 13.3 Å². The van der Waals surface area contributed by atoms with Gasteiger partial charge in [0.1, 0.15) is 30.7 Å². The maximum absolute atomic E-state index is 12.3. The van der Waals surface area contributed by atoms with Crippen molar-refractivity contribution in [2.45, 2.75) is 69.5 Å². The van der Waals surface area contributed by atoms with E-state index in [0.717, 1.165) is 10.6 Å². The molecule has 3 rings (SSSR count). The molecule has 0 saturated carbocycles. The molecule has 2 unspecified atom stereocenters. The lowest BCUT2D eigenvalue weighted by Gasteiger charge is -2.32. The molecule has 6 atom stereocenters. The Labute approximate surface area is 183 Å². The van der Waals surface area contributed by atoms with Crippen LogP contribution in [0.15, 0.2) is 21.9 Å². The zero-order valence-electron chi connectivity index (χ0n) is 17.9. The molecule has 0 radical (unpaired) electrons. The number of aliphatic hydroxyl groups is 1. The molecule has 2 aliphatic heterocycles. The van der Waals surface area contributed by atoms with Gasteiger partial charge in [0.15, 0.2) is 12.5 Å². The van der Waals surface area contributed by atoms with Crippen molar-refractivity contribution in [3.05, 3.63) is 33.1 Å². The van der Waals surface area contributed by atoms with Gasteiger partial charge >= 0.3 is 11.7 Å². The summed E-state index contributed by atoms with van der Waals surface area (Å²) in [7, 11) is 1.58. The van der Waals surface area contributed by atoms with Crippen molar-refractivity contribution in [2.75, 3.05) is 20.3 Å². The average molecular weight is 456 g/mol. The van der Waals surface area contributed by atoms with Crippen molar-refractivity contribution < 1.29 is 38.4 Å². The van der Waals surface area contributed by atoms with Gasteiger partial charge in [-0.15, -0.1) is 0 Å². The van der Waals surface area contributed by atoms with E-state index < -0.39 is 48.0 Å². The van der Waals surface area contributed by atoms with Crippen LogP contribution in [-0.4, -0.2) is 77.4 Å². The molecule has 3 heterocycles. The first kappa shape index (κ1) is 24.3. The summed E-state index contributed by atoms with van der Waals surface area (Å²) in [5, 5.41) is 10.8. The van der Waals surface area contributed by atoms with E-state index in [1.54, 1.807) is 7.11 Å². The smallest absolute Gasteiger partial charge is 0.330 e. The fraction of sp³-hybridized carbons (Fsp3) is 0.700. The van der Waals surface area contributed by atoms with Crippen molar-refractivity contribution >= 4 is 11.8 Å². The van der Waals surface area contributed by atoms with Crippen LogP contribution in [0.2, 0.25) is 0 Å². The molecular formula is C20H28N2O10. The number of ketones is 1. The third-order valence-electron chi connectivity index (χ3n) is 5.37. The molecule has 1 aromatic rings. The summed E-state index contributed by atoms with van der Waals surface area (Å²) in [6.07, 6.45) is -2.94. The highest BCUT2D eigenvalue weighted by atomic mass is 16.7. The number of esters is 1. The summed E-state index contributed by atoms with van der Waals surface area (Å²) < 4.78 is 28.9. The fourth-order valence-corrected chi connectivity index (χ4v) is 3.60. The van der Waals surface area contributed by atoms with Gasteiger partial charge in [-0.3, -0.25) is 19.1 Å². The maximum Gasteiger partial charge on any atom is 0.330 e. The van der Waals surface area contributed by atoms with Gasteiger partial charge in [0.25, 0.3) is 5.56 Å². The monoisotopic (exact) mass is 456 g/mol. The number of nitrogens with zero attached hydrogens (tertiary/aromatic N) is 1. The number of hydrogen-bond donors (Lipinski definition) is 2. The predicted molar refractivity (Wildman–Crippen MR) is 107 cm³/mol. The van der Waals surface area contributed by atoms with E-state index in [0.29, 0.717) is 19.4 Å². The highest BCUT2D eigenvalue weighted by Gasteiger charge is 2.48. The van der Waals surface area contributed by atoms with E-state index in [1.807, 2.05) is 0 Å². The molecule has 2 fully saturated rings. The van der Waals surface area contributed by atoms with Crippen molar-refractivity contribution in [1.82, 2.24) is 9.55 Å². The minimum Gasteiger partial charge on any atom is -0.463 e. The Morgan fingerprint density at radius 3 is 2.78 bits per heavy atom.